The molecule has 0 aliphatic carbocycles. The van der Waals surface area contributed by atoms with Crippen LogP contribution in [0, 0.1) is 6.92 Å². The molecule has 0 bridgehead atoms. The highest BCUT2D eigenvalue weighted by Gasteiger charge is 2.26. The van der Waals surface area contributed by atoms with Crippen molar-refractivity contribution in [1.82, 2.24) is 9.62 Å². The van der Waals surface area contributed by atoms with Crippen LogP contribution in [0.4, 0.5) is 0 Å². The first-order chi connectivity index (χ1) is 9.83. The number of benzene rings is 1. The highest BCUT2D eigenvalue weighted by molar-refractivity contribution is 7.89. The molecule has 0 aromatic heterocycles. The van der Waals surface area contributed by atoms with Gasteiger partial charge in [-0.05, 0) is 56.6 Å². The van der Waals surface area contributed by atoms with Crippen molar-refractivity contribution in [3.05, 3.63) is 28.3 Å². The maximum Gasteiger partial charge on any atom is 0.241 e. The van der Waals surface area contributed by atoms with Crippen LogP contribution in [0.25, 0.3) is 0 Å². The molecule has 0 radical (unpaired) electrons. The molecule has 1 atom stereocenters. The van der Waals surface area contributed by atoms with E-state index in [0.29, 0.717) is 22.7 Å². The molecule has 0 amide bonds. The van der Waals surface area contributed by atoms with E-state index >= 15 is 0 Å². The average Bonchev–Trinajstić information content (AvgIpc) is 2.40. The second kappa shape index (κ2) is 6.62. The molecule has 21 heavy (non-hydrogen) atoms. The summed E-state index contributed by atoms with van der Waals surface area (Å²) >= 11 is 5.96. The average molecular weight is 333 g/mol. The van der Waals surface area contributed by atoms with E-state index < -0.39 is 10.0 Å². The zero-order valence-electron chi connectivity index (χ0n) is 12.3. The van der Waals surface area contributed by atoms with Crippen LogP contribution < -0.4 is 4.72 Å². The van der Waals surface area contributed by atoms with Crippen molar-refractivity contribution in [2.24, 2.45) is 0 Å². The van der Waals surface area contributed by atoms with Gasteiger partial charge in [0.2, 0.25) is 10.0 Å². The van der Waals surface area contributed by atoms with Gasteiger partial charge in [-0.15, -0.1) is 0 Å². The number of piperidine rings is 1. The maximum absolute atomic E-state index is 12.6. The monoisotopic (exact) mass is 332 g/mol. The quantitative estimate of drug-likeness (QED) is 0.877. The van der Waals surface area contributed by atoms with Crippen molar-refractivity contribution in [2.45, 2.75) is 37.3 Å². The van der Waals surface area contributed by atoms with E-state index in [4.69, 9.17) is 11.6 Å². The molecular weight excluding hydrogens is 312 g/mol. The van der Waals surface area contributed by atoms with Gasteiger partial charge in [-0.25, -0.2) is 13.1 Å². The van der Waals surface area contributed by atoms with Crippen LogP contribution in [-0.2, 0) is 16.6 Å². The SMILES string of the molecule is Cc1c(CO)cc(Cl)cc1S(=O)(=O)NC1CCCN(C)C1. The number of nitrogens with zero attached hydrogens (tertiary/aromatic N) is 1. The third kappa shape index (κ3) is 3.96. The van der Waals surface area contributed by atoms with Crippen LogP contribution in [0.5, 0.6) is 0 Å². The molecule has 1 aliphatic heterocycles. The number of nitrogens with one attached hydrogen (secondary N) is 1. The van der Waals surface area contributed by atoms with Gasteiger partial charge in [0, 0.05) is 17.6 Å². The smallest absolute Gasteiger partial charge is 0.241 e. The standard InChI is InChI=1S/C14H21ClN2O3S/c1-10-11(9-18)6-12(15)7-14(10)21(19,20)16-13-4-3-5-17(2)8-13/h6-7,13,16,18H,3-5,8-9H2,1-2H3. The summed E-state index contributed by atoms with van der Waals surface area (Å²) in [7, 11) is -1.66. The van der Waals surface area contributed by atoms with Crippen LogP contribution in [0.1, 0.15) is 24.0 Å². The minimum absolute atomic E-state index is 0.0929. The second-order valence-corrected chi connectivity index (χ2v) is 7.69. The van der Waals surface area contributed by atoms with Gasteiger partial charge in [0.1, 0.15) is 0 Å². The van der Waals surface area contributed by atoms with Crippen molar-refractivity contribution < 1.29 is 13.5 Å². The molecule has 0 saturated carbocycles. The normalized spacial score (nSPS) is 20.7. The van der Waals surface area contributed by atoms with E-state index in [1.54, 1.807) is 13.0 Å². The largest absolute Gasteiger partial charge is 0.392 e. The lowest BCUT2D eigenvalue weighted by Crippen LogP contribution is -2.46. The van der Waals surface area contributed by atoms with Crippen molar-refractivity contribution in [3.63, 3.8) is 0 Å². The van der Waals surface area contributed by atoms with E-state index in [2.05, 4.69) is 9.62 Å². The molecule has 1 heterocycles. The van der Waals surface area contributed by atoms with E-state index in [1.165, 1.54) is 6.07 Å². The van der Waals surface area contributed by atoms with Crippen molar-refractivity contribution in [2.75, 3.05) is 20.1 Å². The third-order valence-electron chi connectivity index (χ3n) is 3.84. The molecule has 0 spiro atoms. The minimum Gasteiger partial charge on any atom is -0.392 e. The molecule has 1 fully saturated rings. The Morgan fingerprint density at radius 1 is 1.48 bits per heavy atom. The topological polar surface area (TPSA) is 69.6 Å². The summed E-state index contributed by atoms with van der Waals surface area (Å²) < 4.78 is 27.9. The third-order valence-corrected chi connectivity index (χ3v) is 5.70. The Kier molecular flexibility index (Phi) is 5.27. The number of halogens is 1. The Labute approximate surface area is 131 Å². The number of sulfonamides is 1. The highest BCUT2D eigenvalue weighted by Crippen LogP contribution is 2.25. The number of likely N-dealkylation sites (N-methyl/N-ethyl adjacent to an activating group) is 1. The van der Waals surface area contributed by atoms with Gasteiger partial charge in [-0.1, -0.05) is 11.6 Å². The number of rotatable bonds is 4. The van der Waals surface area contributed by atoms with Gasteiger partial charge in [-0.3, -0.25) is 0 Å². The summed E-state index contributed by atoms with van der Waals surface area (Å²) in [6.45, 7) is 3.14. The summed E-state index contributed by atoms with van der Waals surface area (Å²) in [5.41, 5.74) is 1.07. The summed E-state index contributed by atoms with van der Waals surface area (Å²) in [5.74, 6) is 0. The Hall–Kier alpha value is -0.660. The number of hydrogen-bond donors (Lipinski definition) is 2. The number of likely N-dealkylation sites (tertiary alicyclic amines) is 1. The molecule has 118 valence electrons. The van der Waals surface area contributed by atoms with Crippen molar-refractivity contribution in [3.8, 4) is 0 Å². The van der Waals surface area contributed by atoms with Crippen LogP contribution in [0.15, 0.2) is 17.0 Å². The zero-order chi connectivity index (χ0) is 15.6. The van der Waals surface area contributed by atoms with Gasteiger partial charge in [0.15, 0.2) is 0 Å². The fourth-order valence-corrected chi connectivity index (χ4v) is 4.58. The van der Waals surface area contributed by atoms with Gasteiger partial charge in [0.25, 0.3) is 0 Å². The predicted octanol–water partition coefficient (Wildman–Crippen LogP) is 1.51. The maximum atomic E-state index is 12.6. The van der Waals surface area contributed by atoms with Crippen LogP contribution in [0.2, 0.25) is 5.02 Å². The first kappa shape index (κ1) is 16.7. The molecule has 5 nitrogen and oxygen atoms in total. The minimum atomic E-state index is -3.64. The molecular formula is C14H21ClN2O3S. The van der Waals surface area contributed by atoms with Crippen molar-refractivity contribution >= 4 is 21.6 Å². The van der Waals surface area contributed by atoms with E-state index in [1.807, 2.05) is 7.05 Å². The summed E-state index contributed by atoms with van der Waals surface area (Å²) in [6.07, 6.45) is 1.80. The molecule has 1 aliphatic rings. The first-order valence-electron chi connectivity index (χ1n) is 6.94. The van der Waals surface area contributed by atoms with E-state index in [9.17, 15) is 13.5 Å². The van der Waals surface area contributed by atoms with Crippen LogP contribution in [-0.4, -0.2) is 44.6 Å². The summed E-state index contributed by atoms with van der Waals surface area (Å²) in [4.78, 5) is 2.26. The number of hydrogen-bond acceptors (Lipinski definition) is 4. The van der Waals surface area contributed by atoms with Gasteiger partial charge >= 0.3 is 0 Å². The van der Waals surface area contributed by atoms with Crippen LogP contribution >= 0.6 is 11.6 Å². The van der Waals surface area contributed by atoms with E-state index in [0.717, 1.165) is 19.4 Å². The lowest BCUT2D eigenvalue weighted by molar-refractivity contribution is 0.242. The zero-order valence-corrected chi connectivity index (χ0v) is 13.8. The molecule has 2 N–H and O–H groups in total. The second-order valence-electron chi connectivity index (χ2n) is 5.57. The van der Waals surface area contributed by atoms with Gasteiger partial charge in [0.05, 0.1) is 11.5 Å². The summed E-state index contributed by atoms with van der Waals surface area (Å²) in [5, 5.41) is 9.62. The Morgan fingerprint density at radius 2 is 2.19 bits per heavy atom. The molecule has 1 saturated heterocycles. The Balaban J connectivity index is 2.29. The Bertz CT molecular complexity index is 619. The van der Waals surface area contributed by atoms with E-state index in [-0.39, 0.29) is 17.5 Å². The molecule has 7 heteroatoms. The molecule has 1 aromatic rings. The lowest BCUT2D eigenvalue weighted by Gasteiger charge is -2.30. The first-order valence-corrected chi connectivity index (χ1v) is 8.80. The number of aliphatic hydroxyl groups excluding tert-OH is 1. The fourth-order valence-electron chi connectivity index (χ4n) is 2.70. The highest BCUT2D eigenvalue weighted by atomic mass is 35.5. The summed E-state index contributed by atoms with van der Waals surface area (Å²) in [6, 6.07) is 2.93. The molecule has 2 rings (SSSR count). The Morgan fingerprint density at radius 3 is 2.81 bits per heavy atom. The fraction of sp³-hybridized carbons (Fsp3) is 0.571. The predicted molar refractivity (Wildman–Crippen MR) is 83.0 cm³/mol. The van der Waals surface area contributed by atoms with Gasteiger partial charge in [-0.2, -0.15) is 0 Å². The number of aliphatic hydroxyl groups is 1. The van der Waals surface area contributed by atoms with Crippen LogP contribution in [0.3, 0.4) is 0 Å². The lowest BCUT2D eigenvalue weighted by atomic mass is 10.1. The molecule has 1 aromatic carbocycles. The molecule has 1 unspecified atom stereocenters. The van der Waals surface area contributed by atoms with Crippen molar-refractivity contribution in [1.29, 1.82) is 0 Å². The van der Waals surface area contributed by atoms with Gasteiger partial charge < -0.3 is 10.0 Å².